The molecule has 0 bridgehead atoms. The molecule has 1 fully saturated rings. The molecule has 0 saturated carbocycles. The number of nitrogens with one attached hydrogen (secondary N) is 1. The van der Waals surface area contributed by atoms with Gasteiger partial charge in [0.25, 0.3) is 0 Å². The van der Waals surface area contributed by atoms with Crippen LogP contribution in [0.3, 0.4) is 0 Å². The van der Waals surface area contributed by atoms with Crippen molar-refractivity contribution in [3.05, 3.63) is 66.7 Å². The number of nitrogens with zero attached hydrogens (tertiary/aromatic N) is 5. The Bertz CT molecular complexity index is 950. The topological polar surface area (TPSA) is 86.5 Å². The average Bonchev–Trinajstić information content (AvgIpc) is 3.29. The molecule has 8 heteroatoms. The smallest absolute Gasteiger partial charge is 0.317 e. The predicted molar refractivity (Wildman–Crippen MR) is 110 cm³/mol. The van der Waals surface area contributed by atoms with Gasteiger partial charge in [0.2, 0.25) is 0 Å². The minimum Gasteiger partial charge on any atom is -0.506 e. The van der Waals surface area contributed by atoms with E-state index in [2.05, 4.69) is 20.3 Å². The van der Waals surface area contributed by atoms with Crippen molar-refractivity contribution in [3.8, 4) is 11.4 Å². The summed E-state index contributed by atoms with van der Waals surface area (Å²) in [6.45, 7) is 4.56. The number of hydrogen-bond acceptors (Lipinski definition) is 5. The minimum absolute atomic E-state index is 0.0743. The zero-order valence-corrected chi connectivity index (χ0v) is 16.3. The molecule has 0 aliphatic carbocycles. The number of aromatic nitrogens is 3. The second-order valence-electron chi connectivity index (χ2n) is 7.07. The van der Waals surface area contributed by atoms with Gasteiger partial charge in [0.15, 0.2) is 0 Å². The predicted octanol–water partition coefficient (Wildman–Crippen LogP) is 2.57. The van der Waals surface area contributed by atoms with Crippen molar-refractivity contribution in [2.24, 2.45) is 0 Å². The number of carbonyl (C=O) groups excluding carboxylic acids is 1. The van der Waals surface area contributed by atoms with E-state index in [-0.39, 0.29) is 17.8 Å². The van der Waals surface area contributed by atoms with Crippen LogP contribution in [0.2, 0.25) is 0 Å². The maximum atomic E-state index is 12.7. The van der Waals surface area contributed by atoms with Crippen LogP contribution in [0.15, 0.2) is 61.2 Å². The summed E-state index contributed by atoms with van der Waals surface area (Å²) in [6.07, 6.45) is 3.14. The van der Waals surface area contributed by atoms with E-state index in [1.807, 2.05) is 54.3 Å². The van der Waals surface area contributed by atoms with E-state index in [1.54, 1.807) is 17.1 Å². The minimum atomic E-state index is -0.108. The summed E-state index contributed by atoms with van der Waals surface area (Å²) in [7, 11) is 0. The van der Waals surface area contributed by atoms with Gasteiger partial charge in [0.05, 0.1) is 17.4 Å². The lowest BCUT2D eigenvalue weighted by atomic mass is 10.1. The van der Waals surface area contributed by atoms with Crippen LogP contribution in [0.5, 0.6) is 5.75 Å². The van der Waals surface area contributed by atoms with Gasteiger partial charge in [0, 0.05) is 26.2 Å². The molecule has 4 rings (SSSR count). The molecule has 3 aromatic rings. The standard InChI is InChI=1S/C21H24N6O2/c1-16(17-6-8-18(9-7-17)27-15-22-14-23-27)24-21(29)26-12-10-25(11-13-26)19-4-2-3-5-20(19)28/h2-9,14-16,28H,10-13H2,1H3,(H,24,29). The fourth-order valence-corrected chi connectivity index (χ4v) is 3.50. The van der Waals surface area contributed by atoms with Crippen LogP contribution in [0.25, 0.3) is 5.69 Å². The lowest BCUT2D eigenvalue weighted by molar-refractivity contribution is 0.191. The third-order valence-electron chi connectivity index (χ3n) is 5.21. The Kier molecular flexibility index (Phi) is 5.33. The SMILES string of the molecule is CC(NC(=O)N1CCN(c2ccccc2O)CC1)c1ccc(-n2cncn2)cc1. The molecule has 1 atom stereocenters. The van der Waals surface area contributed by atoms with Crippen molar-refractivity contribution in [1.82, 2.24) is 25.0 Å². The summed E-state index contributed by atoms with van der Waals surface area (Å²) in [6, 6.07) is 15.0. The molecule has 1 aliphatic rings. The van der Waals surface area contributed by atoms with Gasteiger partial charge in [-0.3, -0.25) is 0 Å². The molecule has 1 unspecified atom stereocenters. The second-order valence-corrected chi connectivity index (χ2v) is 7.07. The molecule has 1 aromatic heterocycles. The Morgan fingerprint density at radius 1 is 1.07 bits per heavy atom. The largest absolute Gasteiger partial charge is 0.506 e. The number of aromatic hydroxyl groups is 1. The number of hydrogen-bond donors (Lipinski definition) is 2. The molecule has 2 N–H and O–H groups in total. The summed E-state index contributed by atoms with van der Waals surface area (Å²) < 4.78 is 1.69. The van der Waals surface area contributed by atoms with E-state index in [1.165, 1.54) is 6.33 Å². The van der Waals surface area contributed by atoms with Crippen molar-refractivity contribution in [3.63, 3.8) is 0 Å². The van der Waals surface area contributed by atoms with Crippen molar-refractivity contribution in [2.75, 3.05) is 31.1 Å². The van der Waals surface area contributed by atoms with Gasteiger partial charge < -0.3 is 20.2 Å². The van der Waals surface area contributed by atoms with E-state index >= 15 is 0 Å². The highest BCUT2D eigenvalue weighted by Crippen LogP contribution is 2.27. The van der Waals surface area contributed by atoms with Crippen LogP contribution in [-0.2, 0) is 0 Å². The third-order valence-corrected chi connectivity index (χ3v) is 5.21. The van der Waals surface area contributed by atoms with Crippen LogP contribution in [-0.4, -0.2) is 57.0 Å². The van der Waals surface area contributed by atoms with Crippen molar-refractivity contribution < 1.29 is 9.90 Å². The van der Waals surface area contributed by atoms with E-state index in [0.717, 1.165) is 16.9 Å². The second kappa shape index (κ2) is 8.22. The summed E-state index contributed by atoms with van der Waals surface area (Å²) >= 11 is 0. The van der Waals surface area contributed by atoms with Gasteiger partial charge in [-0.25, -0.2) is 14.5 Å². The Hall–Kier alpha value is -3.55. The summed E-state index contributed by atoms with van der Waals surface area (Å²) in [5.74, 6) is 0.272. The van der Waals surface area contributed by atoms with Crippen LogP contribution in [0.4, 0.5) is 10.5 Å². The number of para-hydroxylation sites is 2. The lowest BCUT2D eigenvalue weighted by Crippen LogP contribution is -2.52. The van der Waals surface area contributed by atoms with Crippen LogP contribution in [0, 0.1) is 0 Å². The first-order chi connectivity index (χ1) is 14.1. The fraction of sp³-hybridized carbons (Fsp3) is 0.286. The molecule has 150 valence electrons. The first kappa shape index (κ1) is 18.8. The molecular formula is C21H24N6O2. The Balaban J connectivity index is 1.32. The number of piperazine rings is 1. The molecule has 1 aliphatic heterocycles. The highest BCUT2D eigenvalue weighted by Gasteiger charge is 2.23. The fourth-order valence-electron chi connectivity index (χ4n) is 3.50. The highest BCUT2D eigenvalue weighted by molar-refractivity contribution is 5.75. The molecular weight excluding hydrogens is 368 g/mol. The maximum absolute atomic E-state index is 12.7. The molecule has 8 nitrogen and oxygen atoms in total. The number of urea groups is 1. The molecule has 2 heterocycles. The van der Waals surface area contributed by atoms with Crippen LogP contribution < -0.4 is 10.2 Å². The molecule has 0 spiro atoms. The van der Waals surface area contributed by atoms with Gasteiger partial charge in [-0.1, -0.05) is 24.3 Å². The van der Waals surface area contributed by atoms with Crippen molar-refractivity contribution >= 4 is 11.7 Å². The molecule has 2 amide bonds. The zero-order chi connectivity index (χ0) is 20.2. The van der Waals surface area contributed by atoms with Gasteiger partial charge in [0.1, 0.15) is 18.4 Å². The molecule has 0 radical (unpaired) electrons. The first-order valence-corrected chi connectivity index (χ1v) is 9.65. The van der Waals surface area contributed by atoms with Crippen LogP contribution in [0.1, 0.15) is 18.5 Å². The number of anilines is 1. The molecule has 29 heavy (non-hydrogen) atoms. The van der Waals surface area contributed by atoms with E-state index in [9.17, 15) is 9.90 Å². The highest BCUT2D eigenvalue weighted by atomic mass is 16.3. The summed E-state index contributed by atoms with van der Waals surface area (Å²) in [4.78, 5) is 20.5. The van der Waals surface area contributed by atoms with Gasteiger partial charge in [-0.2, -0.15) is 5.10 Å². The Labute approximate surface area is 169 Å². The first-order valence-electron chi connectivity index (χ1n) is 9.65. The van der Waals surface area contributed by atoms with Gasteiger partial charge >= 0.3 is 6.03 Å². The van der Waals surface area contributed by atoms with Crippen LogP contribution >= 0.6 is 0 Å². The number of carbonyl (C=O) groups is 1. The molecule has 1 saturated heterocycles. The van der Waals surface area contributed by atoms with Gasteiger partial charge in [-0.05, 0) is 36.8 Å². The number of rotatable bonds is 4. The average molecular weight is 392 g/mol. The van der Waals surface area contributed by atoms with E-state index in [4.69, 9.17) is 0 Å². The van der Waals surface area contributed by atoms with Crippen molar-refractivity contribution in [1.29, 1.82) is 0 Å². The third kappa shape index (κ3) is 4.16. The molecule has 2 aromatic carbocycles. The Morgan fingerprint density at radius 3 is 2.45 bits per heavy atom. The maximum Gasteiger partial charge on any atom is 0.317 e. The zero-order valence-electron chi connectivity index (χ0n) is 16.3. The summed E-state index contributed by atoms with van der Waals surface area (Å²) in [5.41, 5.74) is 2.76. The number of phenols is 1. The number of benzene rings is 2. The van der Waals surface area contributed by atoms with Crippen molar-refractivity contribution in [2.45, 2.75) is 13.0 Å². The number of amides is 2. The van der Waals surface area contributed by atoms with E-state index < -0.39 is 0 Å². The van der Waals surface area contributed by atoms with E-state index in [0.29, 0.717) is 26.2 Å². The summed E-state index contributed by atoms with van der Waals surface area (Å²) in [5, 5.41) is 17.2. The van der Waals surface area contributed by atoms with Gasteiger partial charge in [-0.15, -0.1) is 0 Å². The quantitative estimate of drug-likeness (QED) is 0.713. The number of phenolic OH excluding ortho intramolecular Hbond substituents is 1. The monoisotopic (exact) mass is 392 g/mol. The lowest BCUT2D eigenvalue weighted by Gasteiger charge is -2.36. The normalized spacial score (nSPS) is 15.2. The Morgan fingerprint density at radius 2 is 1.79 bits per heavy atom.